The number of H-pyrrole nitrogens is 1. The third-order valence-electron chi connectivity index (χ3n) is 6.18. The maximum Gasteiger partial charge on any atom is 0.132 e. The van der Waals surface area contributed by atoms with Gasteiger partial charge < -0.3 is 4.98 Å². The molecule has 2 heterocycles. The zero-order valence-corrected chi connectivity index (χ0v) is 22.1. The number of aromatic amines is 1. The molecule has 4 heteroatoms. The second kappa shape index (κ2) is 14.1. The van der Waals surface area contributed by atoms with E-state index < -0.39 is 0 Å². The van der Waals surface area contributed by atoms with E-state index >= 15 is 0 Å². The lowest BCUT2D eigenvalue weighted by Crippen LogP contribution is -2.17. The van der Waals surface area contributed by atoms with Crippen molar-refractivity contribution < 1.29 is 4.79 Å². The predicted molar refractivity (Wildman–Crippen MR) is 152 cm³/mol. The number of Topliss-reactive ketones (excluding diaryl/α,β-unsaturated/α-hetero) is 1. The molecule has 1 atom stereocenters. The highest BCUT2D eigenvalue weighted by Crippen LogP contribution is 2.28. The number of carbonyl (C=O) groups is 1. The number of ketones is 1. The molecule has 0 fully saturated rings. The van der Waals surface area contributed by atoms with E-state index in [4.69, 9.17) is 0 Å². The van der Waals surface area contributed by atoms with Crippen molar-refractivity contribution in [2.24, 2.45) is 11.0 Å². The number of benzene rings is 1. The van der Waals surface area contributed by atoms with Crippen LogP contribution in [-0.4, -0.2) is 16.5 Å². The second-order valence-electron chi connectivity index (χ2n) is 8.97. The molecular formula is C31H41N3O. The summed E-state index contributed by atoms with van der Waals surface area (Å²) in [6, 6.07) is 8.69. The monoisotopic (exact) mass is 471 g/mol. The minimum atomic E-state index is 0.284. The molecule has 2 N–H and O–H groups in total. The third kappa shape index (κ3) is 8.10. The fraction of sp³-hybridized carbons (Fsp3) is 0.355. The summed E-state index contributed by atoms with van der Waals surface area (Å²) in [6.45, 7) is 17.9. The number of aromatic nitrogens is 1. The van der Waals surface area contributed by atoms with Gasteiger partial charge in [-0.1, -0.05) is 89.6 Å². The van der Waals surface area contributed by atoms with E-state index in [9.17, 15) is 4.79 Å². The van der Waals surface area contributed by atoms with Crippen molar-refractivity contribution >= 4 is 28.0 Å². The Morgan fingerprint density at radius 1 is 1.20 bits per heavy atom. The number of fused-ring (bicyclic) bond motifs is 1. The standard InChI is InChI=1S/C22H23N3.C9H18O/c1-5-8-17(9-6-2)21-14-19(15(4)24-25-21)22-13-18-11-10-16(7-3)12-20(18)23-22;1-4-5-6-7-8(2)9(3)10/h5-6,8-14,23-24H,1,4,7H2,2-3H3;8H,4-7H2,1-3H3/b9-6-,17-8+;. The third-order valence-corrected chi connectivity index (χ3v) is 6.18. The summed E-state index contributed by atoms with van der Waals surface area (Å²) in [5.41, 5.74) is 10.2. The maximum atomic E-state index is 10.7. The minimum Gasteiger partial charge on any atom is -0.354 e. The molecule has 35 heavy (non-hydrogen) atoms. The quantitative estimate of drug-likeness (QED) is 0.272. The van der Waals surface area contributed by atoms with Crippen LogP contribution < -0.4 is 5.43 Å². The highest BCUT2D eigenvalue weighted by Gasteiger charge is 2.16. The Morgan fingerprint density at radius 3 is 2.60 bits per heavy atom. The zero-order valence-electron chi connectivity index (χ0n) is 22.1. The average Bonchev–Trinajstić information content (AvgIpc) is 3.27. The lowest BCUT2D eigenvalue weighted by molar-refractivity contribution is -0.120. The van der Waals surface area contributed by atoms with Crippen LogP contribution in [0.5, 0.6) is 0 Å². The number of nitrogens with zero attached hydrogens (tertiary/aromatic N) is 1. The Balaban J connectivity index is 0.000000367. The van der Waals surface area contributed by atoms with Gasteiger partial charge in [0, 0.05) is 33.7 Å². The highest BCUT2D eigenvalue weighted by atomic mass is 16.1. The minimum absolute atomic E-state index is 0.284. The summed E-state index contributed by atoms with van der Waals surface area (Å²) in [7, 11) is 0. The van der Waals surface area contributed by atoms with E-state index in [1.165, 1.54) is 30.2 Å². The largest absolute Gasteiger partial charge is 0.354 e. The van der Waals surface area contributed by atoms with Crippen LogP contribution in [-0.2, 0) is 11.2 Å². The zero-order chi connectivity index (χ0) is 25.8. The Bertz CT molecular complexity index is 1160. The molecule has 4 nitrogen and oxygen atoms in total. The molecule has 0 saturated heterocycles. The fourth-order valence-corrected chi connectivity index (χ4v) is 3.81. The van der Waals surface area contributed by atoms with Crippen molar-refractivity contribution in [3.8, 4) is 0 Å². The molecule has 1 unspecified atom stereocenters. The molecule has 0 amide bonds. The van der Waals surface area contributed by atoms with E-state index in [0.29, 0.717) is 5.78 Å². The number of rotatable bonds is 10. The van der Waals surface area contributed by atoms with Gasteiger partial charge in [-0.05, 0) is 50.5 Å². The first-order valence-electron chi connectivity index (χ1n) is 12.7. The molecular weight excluding hydrogens is 430 g/mol. The van der Waals surface area contributed by atoms with Gasteiger partial charge in [0.1, 0.15) is 5.78 Å². The summed E-state index contributed by atoms with van der Waals surface area (Å²) in [5.74, 6) is 0.614. The SMILES string of the molecule is C=C/C=C(\C=C/C)C1=NNC(=C)C(c2cc3ccc(CC)cc3[nH]2)=C1.CCCCCC(C)C(C)=O. The molecule has 1 aromatic heterocycles. The molecule has 1 aromatic carbocycles. The van der Waals surface area contributed by atoms with Crippen molar-refractivity contribution in [1.82, 2.24) is 10.4 Å². The van der Waals surface area contributed by atoms with Crippen molar-refractivity contribution in [2.75, 3.05) is 0 Å². The van der Waals surface area contributed by atoms with Gasteiger partial charge in [-0.25, -0.2) is 0 Å². The molecule has 3 rings (SSSR count). The van der Waals surface area contributed by atoms with E-state index in [0.717, 1.165) is 46.6 Å². The Labute approximate surface area is 211 Å². The van der Waals surface area contributed by atoms with E-state index in [-0.39, 0.29) is 5.92 Å². The number of hydrogen-bond acceptors (Lipinski definition) is 3. The van der Waals surface area contributed by atoms with Crippen molar-refractivity contribution in [3.63, 3.8) is 0 Å². The molecule has 186 valence electrons. The van der Waals surface area contributed by atoms with Crippen LogP contribution in [0.15, 0.2) is 84.2 Å². The molecule has 0 aliphatic carbocycles. The first kappa shape index (κ1) is 27.8. The van der Waals surface area contributed by atoms with Gasteiger partial charge in [-0.2, -0.15) is 5.10 Å². The van der Waals surface area contributed by atoms with Crippen LogP contribution in [0.4, 0.5) is 0 Å². The number of nitrogens with one attached hydrogen (secondary N) is 2. The Morgan fingerprint density at radius 2 is 1.97 bits per heavy atom. The Hall–Kier alpha value is -3.40. The summed E-state index contributed by atoms with van der Waals surface area (Å²) in [6.07, 6.45) is 15.6. The number of aryl methyl sites for hydroxylation is 1. The summed E-state index contributed by atoms with van der Waals surface area (Å²) < 4.78 is 0. The number of hydrogen-bond donors (Lipinski definition) is 2. The topological polar surface area (TPSA) is 57.2 Å². The van der Waals surface area contributed by atoms with Crippen LogP contribution in [0.1, 0.15) is 71.6 Å². The Kier molecular flexibility index (Phi) is 11.2. The molecule has 0 saturated carbocycles. The molecule has 0 bridgehead atoms. The number of allylic oxidation sites excluding steroid dienone is 7. The lowest BCUT2D eigenvalue weighted by atomic mass is 10.0. The van der Waals surface area contributed by atoms with E-state index in [1.54, 1.807) is 13.0 Å². The first-order chi connectivity index (χ1) is 16.8. The van der Waals surface area contributed by atoms with Gasteiger partial charge in [0.2, 0.25) is 0 Å². The molecule has 1 aliphatic heterocycles. The normalized spacial score (nSPS) is 14.7. The number of unbranched alkanes of at least 4 members (excludes halogenated alkanes) is 2. The van der Waals surface area contributed by atoms with Crippen LogP contribution >= 0.6 is 0 Å². The van der Waals surface area contributed by atoms with Gasteiger partial charge in [-0.15, -0.1) is 0 Å². The van der Waals surface area contributed by atoms with E-state index in [2.05, 4.69) is 72.9 Å². The predicted octanol–water partition coefficient (Wildman–Crippen LogP) is 8.07. The van der Waals surface area contributed by atoms with Gasteiger partial charge in [-0.3, -0.25) is 10.2 Å². The molecule has 1 aliphatic rings. The van der Waals surface area contributed by atoms with Crippen LogP contribution in [0.2, 0.25) is 0 Å². The molecule has 2 aromatic rings. The van der Waals surface area contributed by atoms with Crippen LogP contribution in [0, 0.1) is 5.92 Å². The number of hydrazone groups is 1. The maximum absolute atomic E-state index is 10.7. The van der Waals surface area contributed by atoms with Crippen LogP contribution in [0.25, 0.3) is 16.5 Å². The highest BCUT2D eigenvalue weighted by molar-refractivity contribution is 6.16. The molecule has 0 radical (unpaired) electrons. The fourth-order valence-electron chi connectivity index (χ4n) is 3.81. The summed E-state index contributed by atoms with van der Waals surface area (Å²) >= 11 is 0. The van der Waals surface area contributed by atoms with Crippen molar-refractivity contribution in [2.45, 2.75) is 66.7 Å². The van der Waals surface area contributed by atoms with E-state index in [1.807, 2.05) is 32.1 Å². The smallest absolute Gasteiger partial charge is 0.132 e. The average molecular weight is 472 g/mol. The number of carbonyl (C=O) groups excluding carboxylic acids is 1. The van der Waals surface area contributed by atoms with Gasteiger partial charge >= 0.3 is 0 Å². The van der Waals surface area contributed by atoms with Crippen molar-refractivity contribution in [1.29, 1.82) is 0 Å². The van der Waals surface area contributed by atoms with Crippen LogP contribution in [0.3, 0.4) is 0 Å². The second-order valence-corrected chi connectivity index (χ2v) is 8.97. The van der Waals surface area contributed by atoms with Gasteiger partial charge in [0.15, 0.2) is 0 Å². The van der Waals surface area contributed by atoms with Gasteiger partial charge in [0.25, 0.3) is 0 Å². The summed E-state index contributed by atoms with van der Waals surface area (Å²) in [5, 5.41) is 5.61. The van der Waals surface area contributed by atoms with Crippen molar-refractivity contribution in [3.05, 3.63) is 90.3 Å². The lowest BCUT2D eigenvalue weighted by Gasteiger charge is -2.16. The molecule has 0 spiro atoms. The first-order valence-corrected chi connectivity index (χ1v) is 12.7. The summed E-state index contributed by atoms with van der Waals surface area (Å²) in [4.78, 5) is 14.3. The van der Waals surface area contributed by atoms with Gasteiger partial charge in [0.05, 0.1) is 11.4 Å².